The lowest BCUT2D eigenvalue weighted by Gasteiger charge is -2.16. The van der Waals surface area contributed by atoms with Gasteiger partial charge in [0.2, 0.25) is 5.88 Å². The van der Waals surface area contributed by atoms with Crippen molar-refractivity contribution in [3.05, 3.63) is 64.4 Å². The maximum atomic E-state index is 13.0. The summed E-state index contributed by atoms with van der Waals surface area (Å²) in [7, 11) is 1.59. The average Bonchev–Trinajstić information content (AvgIpc) is 3.48. The van der Waals surface area contributed by atoms with Gasteiger partial charge in [-0.1, -0.05) is 17.7 Å². The van der Waals surface area contributed by atoms with Crippen LogP contribution in [0.3, 0.4) is 0 Å². The SMILES string of the molecule is COc1ccc2nccc(-c3[nH]c4c(c3Nc3cccc(Cl)c3C)C(=O)N[C@H]3C[C@@H]43)c2n1. The number of ether oxygens (including phenoxy) is 1. The molecule has 0 unspecified atom stereocenters. The molecule has 3 aromatic heterocycles. The third-order valence-electron chi connectivity index (χ3n) is 6.30. The van der Waals surface area contributed by atoms with E-state index in [-0.39, 0.29) is 11.9 Å². The fourth-order valence-corrected chi connectivity index (χ4v) is 4.65. The number of methoxy groups -OCH3 is 1. The van der Waals surface area contributed by atoms with Crippen molar-refractivity contribution in [2.45, 2.75) is 25.3 Å². The first-order valence-corrected chi connectivity index (χ1v) is 10.8. The molecule has 1 aromatic carbocycles. The molecule has 0 bridgehead atoms. The fourth-order valence-electron chi connectivity index (χ4n) is 4.47. The predicted octanol–water partition coefficient (Wildman–Crippen LogP) is 4.94. The first-order valence-electron chi connectivity index (χ1n) is 10.4. The molecule has 1 aliphatic carbocycles. The van der Waals surface area contributed by atoms with Crippen LogP contribution < -0.4 is 15.4 Å². The highest BCUT2D eigenvalue weighted by molar-refractivity contribution is 6.31. The number of nitrogens with zero attached hydrogens (tertiary/aromatic N) is 2. The van der Waals surface area contributed by atoms with Crippen LogP contribution in [0.25, 0.3) is 22.3 Å². The number of aromatic amines is 1. The number of anilines is 2. The number of aromatic nitrogens is 3. The molecule has 4 heterocycles. The second-order valence-electron chi connectivity index (χ2n) is 8.20. The van der Waals surface area contributed by atoms with E-state index < -0.39 is 0 Å². The zero-order chi connectivity index (χ0) is 22.0. The number of hydrogen-bond donors (Lipinski definition) is 3. The summed E-state index contributed by atoms with van der Waals surface area (Å²) in [6.07, 6.45) is 2.69. The number of carbonyl (C=O) groups is 1. The highest BCUT2D eigenvalue weighted by Crippen LogP contribution is 2.50. The van der Waals surface area contributed by atoms with E-state index in [9.17, 15) is 4.79 Å². The van der Waals surface area contributed by atoms with Crippen molar-refractivity contribution >= 4 is 39.9 Å². The number of halogens is 1. The normalized spacial score (nSPS) is 18.7. The van der Waals surface area contributed by atoms with Gasteiger partial charge in [0, 0.05) is 46.2 Å². The molecule has 0 spiro atoms. The van der Waals surface area contributed by atoms with E-state index in [2.05, 4.69) is 25.6 Å². The summed E-state index contributed by atoms with van der Waals surface area (Å²) in [5, 5.41) is 7.26. The summed E-state index contributed by atoms with van der Waals surface area (Å²) in [6, 6.07) is 11.5. The Hall–Kier alpha value is -3.58. The van der Waals surface area contributed by atoms with Crippen molar-refractivity contribution in [2.24, 2.45) is 0 Å². The molecular weight excluding hydrogens is 426 g/mol. The molecule has 8 heteroatoms. The van der Waals surface area contributed by atoms with E-state index in [1.165, 1.54) is 0 Å². The van der Waals surface area contributed by atoms with Gasteiger partial charge in [0.05, 0.1) is 29.6 Å². The summed E-state index contributed by atoms with van der Waals surface area (Å²) in [5.74, 6) is 0.726. The van der Waals surface area contributed by atoms with Crippen LogP contribution in [0.15, 0.2) is 42.6 Å². The molecule has 3 N–H and O–H groups in total. The van der Waals surface area contributed by atoms with Crippen molar-refractivity contribution in [3.63, 3.8) is 0 Å². The summed E-state index contributed by atoms with van der Waals surface area (Å²) in [6.45, 7) is 1.95. The zero-order valence-corrected chi connectivity index (χ0v) is 18.2. The molecule has 1 aliphatic heterocycles. The van der Waals surface area contributed by atoms with E-state index in [0.29, 0.717) is 33.6 Å². The van der Waals surface area contributed by atoms with Gasteiger partial charge in [-0.25, -0.2) is 4.98 Å². The molecule has 0 radical (unpaired) electrons. The van der Waals surface area contributed by atoms with Crippen molar-refractivity contribution in [1.29, 1.82) is 0 Å². The van der Waals surface area contributed by atoms with Crippen LogP contribution in [0, 0.1) is 6.92 Å². The lowest BCUT2D eigenvalue weighted by molar-refractivity contribution is 0.0944. The maximum absolute atomic E-state index is 13.0. The van der Waals surface area contributed by atoms with Gasteiger partial charge in [0.1, 0.15) is 5.52 Å². The van der Waals surface area contributed by atoms with Crippen LogP contribution in [-0.4, -0.2) is 34.0 Å². The molecule has 160 valence electrons. The summed E-state index contributed by atoms with van der Waals surface area (Å²) in [4.78, 5) is 25.7. The summed E-state index contributed by atoms with van der Waals surface area (Å²) < 4.78 is 5.35. The third-order valence-corrected chi connectivity index (χ3v) is 6.71. The first-order chi connectivity index (χ1) is 15.5. The Kier molecular flexibility index (Phi) is 4.16. The first kappa shape index (κ1) is 19.1. The highest BCUT2D eigenvalue weighted by atomic mass is 35.5. The molecule has 4 aromatic rings. The van der Waals surface area contributed by atoms with Gasteiger partial charge in [-0.2, -0.15) is 0 Å². The Morgan fingerprint density at radius 1 is 1.22 bits per heavy atom. The van der Waals surface area contributed by atoms with Gasteiger partial charge in [-0.15, -0.1) is 0 Å². The molecule has 7 nitrogen and oxygen atoms in total. The standard InChI is InChI=1S/C24H20ClN5O2/c1-11-14(25)4-3-5-15(11)27-23-19-21(13-10-17(13)28-24(19)31)30-22(23)12-8-9-26-16-6-7-18(32-2)29-20(12)16/h3-9,13,17,27,30H,10H2,1-2H3,(H,28,31)/t13-,17+/m1/s1. The summed E-state index contributed by atoms with van der Waals surface area (Å²) in [5.41, 5.74) is 7.16. The van der Waals surface area contributed by atoms with Crippen LogP contribution in [-0.2, 0) is 0 Å². The summed E-state index contributed by atoms with van der Waals surface area (Å²) >= 11 is 6.36. The number of amides is 1. The number of nitrogens with one attached hydrogen (secondary N) is 3. The lowest BCUT2D eigenvalue weighted by atomic mass is 10.0. The largest absolute Gasteiger partial charge is 0.481 e. The number of benzene rings is 1. The number of hydrogen-bond acceptors (Lipinski definition) is 5. The van der Waals surface area contributed by atoms with Crippen molar-refractivity contribution in [3.8, 4) is 17.1 Å². The molecule has 0 saturated heterocycles. The molecular formula is C24H20ClN5O2. The molecule has 1 saturated carbocycles. The molecule has 2 aliphatic rings. The van der Waals surface area contributed by atoms with E-state index in [4.69, 9.17) is 16.3 Å². The Labute approximate surface area is 189 Å². The topological polar surface area (TPSA) is 91.9 Å². The molecule has 32 heavy (non-hydrogen) atoms. The van der Waals surface area contributed by atoms with Crippen LogP contribution in [0.2, 0.25) is 5.02 Å². The van der Waals surface area contributed by atoms with Gasteiger partial charge in [0.25, 0.3) is 5.91 Å². The fraction of sp³-hybridized carbons (Fsp3) is 0.208. The monoisotopic (exact) mass is 445 g/mol. The van der Waals surface area contributed by atoms with E-state index >= 15 is 0 Å². The van der Waals surface area contributed by atoms with Gasteiger partial charge in [-0.05, 0) is 43.2 Å². The van der Waals surface area contributed by atoms with E-state index in [1.807, 2.05) is 37.3 Å². The van der Waals surface area contributed by atoms with Gasteiger partial charge >= 0.3 is 0 Å². The molecule has 2 atom stereocenters. The smallest absolute Gasteiger partial charge is 0.255 e. The van der Waals surface area contributed by atoms with Crippen LogP contribution in [0.1, 0.15) is 34.0 Å². The second-order valence-corrected chi connectivity index (χ2v) is 8.61. The van der Waals surface area contributed by atoms with Crippen LogP contribution >= 0.6 is 11.6 Å². The lowest BCUT2D eigenvalue weighted by Crippen LogP contribution is -2.31. The number of carbonyl (C=O) groups excluding carboxylic acids is 1. The van der Waals surface area contributed by atoms with Crippen molar-refractivity contribution in [2.75, 3.05) is 12.4 Å². The molecule has 6 rings (SSSR count). The van der Waals surface area contributed by atoms with E-state index in [1.54, 1.807) is 19.4 Å². The molecule has 1 amide bonds. The highest BCUT2D eigenvalue weighted by Gasteiger charge is 2.48. The third kappa shape index (κ3) is 2.85. The number of H-pyrrole nitrogens is 1. The van der Waals surface area contributed by atoms with Crippen LogP contribution in [0.5, 0.6) is 5.88 Å². The Morgan fingerprint density at radius 3 is 2.94 bits per heavy atom. The Bertz CT molecular complexity index is 1410. The zero-order valence-electron chi connectivity index (χ0n) is 17.5. The predicted molar refractivity (Wildman–Crippen MR) is 124 cm³/mol. The average molecular weight is 446 g/mol. The number of rotatable bonds is 4. The van der Waals surface area contributed by atoms with Gasteiger partial charge in [-0.3, -0.25) is 9.78 Å². The van der Waals surface area contributed by atoms with Gasteiger partial charge < -0.3 is 20.4 Å². The minimum Gasteiger partial charge on any atom is -0.481 e. The van der Waals surface area contributed by atoms with Crippen LogP contribution in [0.4, 0.5) is 11.4 Å². The quantitative estimate of drug-likeness (QED) is 0.414. The second kappa shape index (κ2) is 6.97. The van der Waals surface area contributed by atoms with E-state index in [0.717, 1.165) is 40.1 Å². The number of fused-ring (bicyclic) bond motifs is 4. The maximum Gasteiger partial charge on any atom is 0.255 e. The van der Waals surface area contributed by atoms with Gasteiger partial charge in [0.15, 0.2) is 0 Å². The Balaban J connectivity index is 1.61. The minimum atomic E-state index is -0.0765. The Morgan fingerprint density at radius 2 is 2.09 bits per heavy atom. The number of pyridine rings is 2. The molecule has 1 fully saturated rings. The van der Waals surface area contributed by atoms with Crippen molar-refractivity contribution in [1.82, 2.24) is 20.3 Å². The minimum absolute atomic E-state index is 0.0765. The van der Waals surface area contributed by atoms with Crippen molar-refractivity contribution < 1.29 is 9.53 Å².